The van der Waals surface area contributed by atoms with Gasteiger partial charge in [0.25, 0.3) is 0 Å². The monoisotopic (exact) mass is 231 g/mol. The van der Waals surface area contributed by atoms with Crippen molar-refractivity contribution in [3.05, 3.63) is 35.5 Å². The van der Waals surface area contributed by atoms with Crippen molar-refractivity contribution in [2.45, 2.75) is 13.5 Å². The topological polar surface area (TPSA) is 48.1 Å². The Balaban J connectivity index is 2.26. The highest BCUT2D eigenvalue weighted by Crippen LogP contribution is 2.19. The van der Waals surface area contributed by atoms with Gasteiger partial charge in [-0.1, -0.05) is 12.1 Å². The first-order chi connectivity index (χ1) is 8.11. The van der Waals surface area contributed by atoms with Crippen molar-refractivity contribution in [3.63, 3.8) is 0 Å². The zero-order chi connectivity index (χ0) is 12.4. The number of amides is 2. The number of fused-ring (bicyclic) bond motifs is 1. The number of hydrogen-bond donors (Lipinski definition) is 2. The molecular weight excluding hydrogens is 214 g/mol. The number of aromatic nitrogens is 1. The van der Waals surface area contributed by atoms with Gasteiger partial charge in [0, 0.05) is 30.7 Å². The normalized spacial score (nSPS) is 10.5. The maximum atomic E-state index is 11.4. The predicted octanol–water partition coefficient (Wildman–Crippen LogP) is 2.25. The molecule has 0 aliphatic rings. The summed E-state index contributed by atoms with van der Waals surface area (Å²) in [6, 6.07) is 8.18. The highest BCUT2D eigenvalue weighted by Gasteiger charge is 2.09. The van der Waals surface area contributed by atoms with Crippen LogP contribution >= 0.6 is 0 Å². The van der Waals surface area contributed by atoms with Gasteiger partial charge in [-0.3, -0.25) is 0 Å². The summed E-state index contributed by atoms with van der Waals surface area (Å²) in [7, 11) is 3.41. The molecule has 4 nitrogen and oxygen atoms in total. The minimum absolute atomic E-state index is 0.0830. The SMILES string of the molecule is CNC(=O)N(C)Cc1cc2c(C)cccc2[nH]1. The number of benzene rings is 1. The molecule has 0 aliphatic carbocycles. The van der Waals surface area contributed by atoms with Crippen LogP contribution < -0.4 is 5.32 Å². The highest BCUT2D eigenvalue weighted by atomic mass is 16.2. The minimum Gasteiger partial charge on any atom is -0.357 e. The molecule has 0 unspecified atom stereocenters. The average molecular weight is 231 g/mol. The number of carbonyl (C=O) groups excluding carboxylic acids is 1. The van der Waals surface area contributed by atoms with Crippen molar-refractivity contribution >= 4 is 16.9 Å². The van der Waals surface area contributed by atoms with E-state index in [0.29, 0.717) is 6.54 Å². The fourth-order valence-electron chi connectivity index (χ4n) is 1.97. The standard InChI is InChI=1S/C13H17N3O/c1-9-5-4-6-12-11(9)7-10(15-12)8-16(3)13(17)14-2/h4-7,15H,8H2,1-3H3,(H,14,17). The molecule has 17 heavy (non-hydrogen) atoms. The van der Waals surface area contributed by atoms with Gasteiger partial charge in [0.1, 0.15) is 0 Å². The smallest absolute Gasteiger partial charge is 0.317 e. The summed E-state index contributed by atoms with van der Waals surface area (Å²) in [5.74, 6) is 0. The molecule has 0 fully saturated rings. The second-order valence-corrected chi connectivity index (χ2v) is 4.24. The zero-order valence-electron chi connectivity index (χ0n) is 10.4. The molecule has 0 spiro atoms. The molecule has 2 aromatic rings. The third-order valence-corrected chi connectivity index (χ3v) is 2.91. The molecule has 2 rings (SSSR count). The van der Waals surface area contributed by atoms with Crippen LogP contribution in [0.1, 0.15) is 11.3 Å². The molecule has 1 aromatic heterocycles. The number of carbonyl (C=O) groups is 1. The van der Waals surface area contributed by atoms with Gasteiger partial charge in [0.2, 0.25) is 0 Å². The van der Waals surface area contributed by atoms with Crippen molar-refractivity contribution < 1.29 is 4.79 Å². The molecule has 2 N–H and O–H groups in total. The number of aromatic amines is 1. The second-order valence-electron chi connectivity index (χ2n) is 4.24. The molecule has 2 amide bonds. The second kappa shape index (κ2) is 4.49. The van der Waals surface area contributed by atoms with Gasteiger partial charge >= 0.3 is 6.03 Å². The van der Waals surface area contributed by atoms with Crippen LogP contribution in [0.25, 0.3) is 10.9 Å². The van der Waals surface area contributed by atoms with E-state index in [-0.39, 0.29) is 6.03 Å². The first-order valence-electron chi connectivity index (χ1n) is 5.62. The first-order valence-corrected chi connectivity index (χ1v) is 5.62. The fourth-order valence-corrected chi connectivity index (χ4v) is 1.97. The number of nitrogens with zero attached hydrogens (tertiary/aromatic N) is 1. The van der Waals surface area contributed by atoms with Gasteiger partial charge in [-0.25, -0.2) is 4.79 Å². The van der Waals surface area contributed by atoms with E-state index in [9.17, 15) is 4.79 Å². The number of urea groups is 1. The Hall–Kier alpha value is -1.97. The Labute approximate surface area is 101 Å². The van der Waals surface area contributed by atoms with E-state index in [2.05, 4.69) is 29.4 Å². The van der Waals surface area contributed by atoms with Crippen molar-refractivity contribution in [2.75, 3.05) is 14.1 Å². The summed E-state index contributed by atoms with van der Waals surface area (Å²) in [4.78, 5) is 16.4. The van der Waals surface area contributed by atoms with Crippen molar-refractivity contribution in [3.8, 4) is 0 Å². The van der Waals surface area contributed by atoms with Gasteiger partial charge < -0.3 is 15.2 Å². The van der Waals surface area contributed by atoms with Crippen LogP contribution in [0.3, 0.4) is 0 Å². The van der Waals surface area contributed by atoms with Crippen molar-refractivity contribution in [2.24, 2.45) is 0 Å². The summed E-state index contributed by atoms with van der Waals surface area (Å²) in [5, 5.41) is 3.82. The molecular formula is C13H17N3O. The molecule has 1 heterocycles. The predicted molar refractivity (Wildman–Crippen MR) is 69.0 cm³/mol. The van der Waals surface area contributed by atoms with E-state index in [1.54, 1.807) is 19.0 Å². The number of H-pyrrole nitrogens is 1. The van der Waals surface area contributed by atoms with Crippen molar-refractivity contribution in [1.29, 1.82) is 0 Å². The number of nitrogens with one attached hydrogen (secondary N) is 2. The first kappa shape index (κ1) is 11.5. The molecule has 0 saturated heterocycles. The molecule has 0 aliphatic heterocycles. The molecule has 0 bridgehead atoms. The summed E-state index contributed by atoms with van der Waals surface area (Å²) in [6.45, 7) is 2.66. The fraction of sp³-hybridized carbons (Fsp3) is 0.308. The van der Waals surface area contributed by atoms with Gasteiger partial charge in [-0.05, 0) is 24.6 Å². The van der Waals surface area contributed by atoms with Crippen LogP contribution in [0.4, 0.5) is 4.79 Å². The van der Waals surface area contributed by atoms with Gasteiger partial charge in [0.15, 0.2) is 0 Å². The third kappa shape index (κ3) is 2.25. The molecule has 0 saturated carbocycles. The number of rotatable bonds is 2. The lowest BCUT2D eigenvalue weighted by molar-refractivity contribution is 0.209. The van der Waals surface area contributed by atoms with Crippen LogP contribution in [-0.4, -0.2) is 30.0 Å². The van der Waals surface area contributed by atoms with E-state index in [0.717, 1.165) is 11.2 Å². The van der Waals surface area contributed by atoms with Crippen molar-refractivity contribution in [1.82, 2.24) is 15.2 Å². The van der Waals surface area contributed by atoms with Crippen LogP contribution in [0.15, 0.2) is 24.3 Å². The summed E-state index contributed by atoms with van der Waals surface area (Å²) < 4.78 is 0. The van der Waals surface area contributed by atoms with E-state index >= 15 is 0 Å². The largest absolute Gasteiger partial charge is 0.357 e. The molecule has 4 heteroatoms. The maximum Gasteiger partial charge on any atom is 0.317 e. The molecule has 0 radical (unpaired) electrons. The van der Waals surface area contributed by atoms with E-state index in [1.165, 1.54) is 10.9 Å². The molecule has 90 valence electrons. The van der Waals surface area contributed by atoms with Gasteiger partial charge in [-0.15, -0.1) is 0 Å². The van der Waals surface area contributed by atoms with Crippen LogP contribution in [0, 0.1) is 6.92 Å². The Morgan fingerprint density at radius 2 is 2.24 bits per heavy atom. The summed E-state index contributed by atoms with van der Waals surface area (Å²) in [6.07, 6.45) is 0. The lowest BCUT2D eigenvalue weighted by Crippen LogP contribution is -2.34. The lowest BCUT2D eigenvalue weighted by Gasteiger charge is -2.14. The highest BCUT2D eigenvalue weighted by molar-refractivity contribution is 5.83. The Bertz CT molecular complexity index is 545. The van der Waals surface area contributed by atoms with Crippen LogP contribution in [0.5, 0.6) is 0 Å². The Kier molecular flexibility index (Phi) is 3.04. The van der Waals surface area contributed by atoms with E-state index < -0.39 is 0 Å². The molecule has 1 aromatic carbocycles. The Morgan fingerprint density at radius 3 is 2.88 bits per heavy atom. The zero-order valence-corrected chi connectivity index (χ0v) is 10.4. The van der Waals surface area contributed by atoms with E-state index in [4.69, 9.17) is 0 Å². The maximum absolute atomic E-state index is 11.4. The Morgan fingerprint density at radius 1 is 1.47 bits per heavy atom. The molecule has 0 atom stereocenters. The van der Waals surface area contributed by atoms with Crippen LogP contribution in [-0.2, 0) is 6.54 Å². The minimum atomic E-state index is -0.0830. The van der Waals surface area contributed by atoms with Gasteiger partial charge in [-0.2, -0.15) is 0 Å². The summed E-state index contributed by atoms with van der Waals surface area (Å²) >= 11 is 0. The average Bonchev–Trinajstić information content (AvgIpc) is 2.72. The quantitative estimate of drug-likeness (QED) is 0.818. The number of aryl methyl sites for hydroxylation is 1. The van der Waals surface area contributed by atoms with Crippen LogP contribution in [0.2, 0.25) is 0 Å². The number of hydrogen-bond acceptors (Lipinski definition) is 1. The van der Waals surface area contributed by atoms with E-state index in [1.807, 2.05) is 12.1 Å². The third-order valence-electron chi connectivity index (χ3n) is 2.91. The lowest BCUT2D eigenvalue weighted by atomic mass is 10.1. The summed E-state index contributed by atoms with van der Waals surface area (Å²) in [5.41, 5.74) is 3.40. The van der Waals surface area contributed by atoms with Gasteiger partial charge in [0.05, 0.1) is 6.54 Å².